The fourth-order valence-electron chi connectivity index (χ4n) is 3.55. The van der Waals surface area contributed by atoms with Gasteiger partial charge >= 0.3 is 5.97 Å². The van der Waals surface area contributed by atoms with Gasteiger partial charge in [-0.05, 0) is 45.3 Å². The molecule has 0 fully saturated rings. The van der Waals surface area contributed by atoms with E-state index in [1.165, 1.54) is 0 Å². The first kappa shape index (κ1) is 19.2. The molecule has 0 aromatic heterocycles. The molecule has 4 rings (SSSR count). The van der Waals surface area contributed by atoms with Crippen LogP contribution in [0.4, 0.5) is 0 Å². The predicted octanol–water partition coefficient (Wildman–Crippen LogP) is 5.18. The summed E-state index contributed by atoms with van der Waals surface area (Å²) in [5, 5.41) is 15.9. The van der Waals surface area contributed by atoms with Crippen molar-refractivity contribution in [2.75, 3.05) is 0 Å². The lowest BCUT2D eigenvalue weighted by molar-refractivity contribution is -0.139. The second-order valence-corrected chi connectivity index (χ2v) is 7.80. The average Bonchev–Trinajstić information content (AvgIpc) is 2.72. The zero-order valence-electron chi connectivity index (χ0n) is 15.4. The number of fused-ring (bicyclic) bond motifs is 2. The van der Waals surface area contributed by atoms with E-state index in [0.29, 0.717) is 5.56 Å². The molecule has 4 nitrogen and oxygen atoms in total. The molecular formula is C24H18BrNO3. The highest BCUT2D eigenvalue weighted by Gasteiger charge is 2.23. The van der Waals surface area contributed by atoms with E-state index in [4.69, 9.17) is 0 Å². The summed E-state index contributed by atoms with van der Waals surface area (Å²) in [6.45, 7) is 0. The first-order chi connectivity index (χ1) is 14.0. The van der Waals surface area contributed by atoms with Crippen LogP contribution in [-0.4, -0.2) is 23.0 Å². The van der Waals surface area contributed by atoms with E-state index in [-0.39, 0.29) is 12.3 Å². The number of carbonyl (C=O) groups excluding carboxylic acids is 1. The minimum Gasteiger partial charge on any atom is -0.480 e. The van der Waals surface area contributed by atoms with E-state index in [1.807, 2.05) is 78.9 Å². The van der Waals surface area contributed by atoms with Gasteiger partial charge < -0.3 is 10.4 Å². The highest BCUT2D eigenvalue weighted by Crippen LogP contribution is 2.28. The van der Waals surface area contributed by atoms with E-state index in [1.54, 1.807) is 0 Å². The van der Waals surface area contributed by atoms with Crippen molar-refractivity contribution in [2.45, 2.75) is 12.5 Å². The molecule has 1 amide bonds. The van der Waals surface area contributed by atoms with Gasteiger partial charge in [0.2, 0.25) is 0 Å². The Labute approximate surface area is 176 Å². The normalized spacial score (nSPS) is 12.0. The van der Waals surface area contributed by atoms with E-state index in [2.05, 4.69) is 21.2 Å². The second kappa shape index (κ2) is 8.05. The minimum absolute atomic E-state index is 0.205. The molecule has 0 aliphatic heterocycles. The molecule has 0 saturated heterocycles. The van der Waals surface area contributed by atoms with Crippen LogP contribution in [0.2, 0.25) is 0 Å². The van der Waals surface area contributed by atoms with Crippen LogP contribution in [0.1, 0.15) is 15.9 Å². The van der Waals surface area contributed by atoms with Crippen molar-refractivity contribution in [3.63, 3.8) is 0 Å². The molecule has 5 heteroatoms. The predicted molar refractivity (Wildman–Crippen MR) is 118 cm³/mol. The van der Waals surface area contributed by atoms with Crippen molar-refractivity contribution in [3.05, 3.63) is 94.5 Å². The van der Waals surface area contributed by atoms with Gasteiger partial charge in [0.15, 0.2) is 0 Å². The number of nitrogens with one attached hydrogen (secondary N) is 1. The van der Waals surface area contributed by atoms with Crippen LogP contribution in [0, 0.1) is 0 Å². The molecule has 0 bridgehead atoms. The zero-order chi connectivity index (χ0) is 20.4. The summed E-state index contributed by atoms with van der Waals surface area (Å²) in [5.74, 6) is -1.45. The van der Waals surface area contributed by atoms with Gasteiger partial charge in [0.1, 0.15) is 6.04 Å². The van der Waals surface area contributed by atoms with Crippen LogP contribution in [0.5, 0.6) is 0 Å². The molecule has 144 valence electrons. The SMILES string of the molecule is O=C(N[C@@H](Cc1ccc(Br)cc1)C(=O)O)c1c2ccccc2cc2ccccc12. The zero-order valence-corrected chi connectivity index (χ0v) is 17.0. The Bertz CT molecular complexity index is 1160. The summed E-state index contributed by atoms with van der Waals surface area (Å²) in [5.41, 5.74) is 1.34. The maximum atomic E-state index is 13.2. The Hall–Kier alpha value is -3.18. The third kappa shape index (κ3) is 4.00. The molecule has 0 spiro atoms. The number of hydrogen-bond acceptors (Lipinski definition) is 2. The Balaban J connectivity index is 1.73. The summed E-state index contributed by atoms with van der Waals surface area (Å²) in [6.07, 6.45) is 0.205. The smallest absolute Gasteiger partial charge is 0.326 e. The van der Waals surface area contributed by atoms with Crippen molar-refractivity contribution < 1.29 is 14.7 Å². The molecule has 0 heterocycles. The van der Waals surface area contributed by atoms with E-state index in [0.717, 1.165) is 31.6 Å². The summed E-state index contributed by atoms with van der Waals surface area (Å²) >= 11 is 3.37. The van der Waals surface area contributed by atoms with Gasteiger partial charge in [-0.15, -0.1) is 0 Å². The lowest BCUT2D eigenvalue weighted by atomic mass is 9.96. The Kier molecular flexibility index (Phi) is 5.32. The topological polar surface area (TPSA) is 66.4 Å². The molecule has 0 radical (unpaired) electrons. The van der Waals surface area contributed by atoms with Crippen LogP contribution in [0.3, 0.4) is 0 Å². The quantitative estimate of drug-likeness (QED) is 0.414. The number of amides is 1. The van der Waals surface area contributed by atoms with Gasteiger partial charge in [0, 0.05) is 10.9 Å². The van der Waals surface area contributed by atoms with Crippen LogP contribution in [0.25, 0.3) is 21.5 Å². The van der Waals surface area contributed by atoms with Crippen LogP contribution in [-0.2, 0) is 11.2 Å². The molecular weight excluding hydrogens is 430 g/mol. The van der Waals surface area contributed by atoms with Crippen molar-refractivity contribution in [1.29, 1.82) is 0 Å². The maximum absolute atomic E-state index is 13.2. The fourth-order valence-corrected chi connectivity index (χ4v) is 3.81. The van der Waals surface area contributed by atoms with Gasteiger partial charge in [0.25, 0.3) is 5.91 Å². The van der Waals surface area contributed by atoms with Crippen LogP contribution in [0.15, 0.2) is 83.3 Å². The summed E-state index contributed by atoms with van der Waals surface area (Å²) in [7, 11) is 0. The first-order valence-electron chi connectivity index (χ1n) is 9.21. The number of rotatable bonds is 5. The van der Waals surface area contributed by atoms with Gasteiger partial charge in [0.05, 0.1) is 5.56 Å². The third-order valence-electron chi connectivity index (χ3n) is 4.95. The largest absolute Gasteiger partial charge is 0.480 e. The van der Waals surface area contributed by atoms with E-state index < -0.39 is 12.0 Å². The molecule has 0 saturated carbocycles. The number of carbonyl (C=O) groups is 2. The minimum atomic E-state index is -1.06. The highest BCUT2D eigenvalue weighted by atomic mass is 79.9. The lowest BCUT2D eigenvalue weighted by Gasteiger charge is -2.17. The summed E-state index contributed by atoms with van der Waals surface area (Å²) in [6, 6.07) is 23.7. The Morgan fingerprint density at radius 3 is 1.97 bits per heavy atom. The van der Waals surface area contributed by atoms with Gasteiger partial charge in [-0.25, -0.2) is 4.79 Å². The molecule has 1 atom stereocenters. The summed E-state index contributed by atoms with van der Waals surface area (Å²) < 4.78 is 0.916. The number of halogens is 1. The van der Waals surface area contributed by atoms with Gasteiger partial charge in [-0.2, -0.15) is 0 Å². The first-order valence-corrected chi connectivity index (χ1v) is 10.0. The maximum Gasteiger partial charge on any atom is 0.326 e. The molecule has 0 unspecified atom stereocenters. The van der Waals surface area contributed by atoms with Crippen molar-refractivity contribution in [1.82, 2.24) is 5.32 Å². The number of carboxylic acid groups (broad SMARTS) is 1. The van der Waals surface area contributed by atoms with E-state index >= 15 is 0 Å². The van der Waals surface area contributed by atoms with Crippen LogP contribution < -0.4 is 5.32 Å². The second-order valence-electron chi connectivity index (χ2n) is 6.89. The number of aliphatic carboxylic acids is 1. The molecule has 29 heavy (non-hydrogen) atoms. The number of benzene rings is 4. The lowest BCUT2D eigenvalue weighted by Crippen LogP contribution is -2.42. The molecule has 4 aromatic rings. The standard InChI is InChI=1S/C24H18BrNO3/c25-18-11-9-15(10-12-18)13-21(24(28)29)26-23(27)22-19-7-3-1-5-16(19)14-17-6-2-4-8-20(17)22/h1-12,14,21H,13H2,(H,26,27)(H,28,29)/t21-/m0/s1. The van der Waals surface area contributed by atoms with E-state index in [9.17, 15) is 14.7 Å². The van der Waals surface area contributed by atoms with Crippen molar-refractivity contribution in [3.8, 4) is 0 Å². The Morgan fingerprint density at radius 2 is 1.41 bits per heavy atom. The highest BCUT2D eigenvalue weighted by molar-refractivity contribution is 9.10. The van der Waals surface area contributed by atoms with Gasteiger partial charge in [-0.3, -0.25) is 4.79 Å². The number of hydrogen-bond donors (Lipinski definition) is 2. The number of carboxylic acids is 1. The van der Waals surface area contributed by atoms with Crippen molar-refractivity contribution in [2.24, 2.45) is 0 Å². The third-order valence-corrected chi connectivity index (χ3v) is 5.48. The molecule has 2 N–H and O–H groups in total. The average molecular weight is 448 g/mol. The molecule has 4 aromatic carbocycles. The molecule has 0 aliphatic rings. The van der Waals surface area contributed by atoms with Crippen molar-refractivity contribution >= 4 is 49.4 Å². The van der Waals surface area contributed by atoms with Gasteiger partial charge in [-0.1, -0.05) is 76.6 Å². The fraction of sp³-hybridized carbons (Fsp3) is 0.0833. The monoisotopic (exact) mass is 447 g/mol. The Morgan fingerprint density at radius 1 is 0.862 bits per heavy atom. The van der Waals surface area contributed by atoms with Crippen LogP contribution >= 0.6 is 15.9 Å². The molecule has 0 aliphatic carbocycles. The summed E-state index contributed by atoms with van der Waals surface area (Å²) in [4.78, 5) is 25.1.